The standard InChI is InChI=1S/C16H11N3O3S/c20-15-14(10-11-5-4-8-13(9-11)19(21)22)23-16(18-15)17-12-6-2-1-3-7-12/h1-10H,(H,17,18,20)/b14-10-. The van der Waals surface area contributed by atoms with Crippen molar-refractivity contribution in [2.75, 3.05) is 0 Å². The van der Waals surface area contributed by atoms with Crippen LogP contribution in [0.4, 0.5) is 11.4 Å². The topological polar surface area (TPSA) is 84.6 Å². The van der Waals surface area contributed by atoms with Gasteiger partial charge in [-0.2, -0.15) is 0 Å². The predicted octanol–water partition coefficient (Wildman–Crippen LogP) is 3.49. The Hall–Kier alpha value is -2.93. The number of hydrogen-bond donors (Lipinski definition) is 1. The van der Waals surface area contributed by atoms with E-state index in [0.29, 0.717) is 15.6 Å². The number of thioether (sulfide) groups is 1. The van der Waals surface area contributed by atoms with Crippen LogP contribution in [-0.4, -0.2) is 16.0 Å². The molecule has 1 aliphatic rings. The lowest BCUT2D eigenvalue weighted by atomic mass is 10.2. The number of hydrogen-bond acceptors (Lipinski definition) is 5. The normalized spacial score (nSPS) is 17.5. The lowest BCUT2D eigenvalue weighted by molar-refractivity contribution is -0.384. The zero-order valence-electron chi connectivity index (χ0n) is 11.8. The number of non-ortho nitro benzene ring substituents is 1. The summed E-state index contributed by atoms with van der Waals surface area (Å²) < 4.78 is 0. The van der Waals surface area contributed by atoms with Crippen LogP contribution in [0.15, 0.2) is 64.5 Å². The first-order valence-corrected chi connectivity index (χ1v) is 7.52. The quantitative estimate of drug-likeness (QED) is 0.532. The van der Waals surface area contributed by atoms with Gasteiger partial charge in [0, 0.05) is 12.1 Å². The van der Waals surface area contributed by atoms with Crippen molar-refractivity contribution in [3.63, 3.8) is 0 Å². The zero-order valence-corrected chi connectivity index (χ0v) is 12.6. The lowest BCUT2D eigenvalue weighted by Gasteiger charge is -1.96. The van der Waals surface area contributed by atoms with Gasteiger partial charge >= 0.3 is 0 Å². The maximum atomic E-state index is 12.0. The van der Waals surface area contributed by atoms with Crippen LogP contribution in [0.3, 0.4) is 0 Å². The molecule has 1 aliphatic heterocycles. The number of carbonyl (C=O) groups is 1. The van der Waals surface area contributed by atoms with Gasteiger partial charge in [0.05, 0.1) is 15.5 Å². The predicted molar refractivity (Wildman–Crippen MR) is 90.3 cm³/mol. The van der Waals surface area contributed by atoms with Gasteiger partial charge in [-0.1, -0.05) is 30.3 Å². The van der Waals surface area contributed by atoms with Crippen LogP contribution in [0, 0.1) is 10.1 Å². The molecule has 0 saturated carbocycles. The average Bonchev–Trinajstić information content (AvgIpc) is 2.88. The van der Waals surface area contributed by atoms with E-state index >= 15 is 0 Å². The molecule has 0 bridgehead atoms. The molecule has 0 spiro atoms. The monoisotopic (exact) mass is 325 g/mol. The molecule has 0 aromatic heterocycles. The number of carbonyl (C=O) groups excluding carboxylic acids is 1. The molecule has 6 nitrogen and oxygen atoms in total. The van der Waals surface area contributed by atoms with Crippen LogP contribution in [0.5, 0.6) is 0 Å². The Labute approximate surface area is 136 Å². The van der Waals surface area contributed by atoms with E-state index in [9.17, 15) is 14.9 Å². The van der Waals surface area contributed by atoms with Gasteiger partial charge in [0.2, 0.25) is 0 Å². The highest BCUT2D eigenvalue weighted by Crippen LogP contribution is 2.28. The fraction of sp³-hybridized carbons (Fsp3) is 0. The molecular formula is C16H11N3O3S. The molecule has 23 heavy (non-hydrogen) atoms. The summed E-state index contributed by atoms with van der Waals surface area (Å²) in [7, 11) is 0. The Kier molecular flexibility index (Phi) is 4.20. The Balaban J connectivity index is 1.84. The molecule has 1 amide bonds. The number of aliphatic imine (C=N–C) groups is 1. The first-order valence-electron chi connectivity index (χ1n) is 6.71. The summed E-state index contributed by atoms with van der Waals surface area (Å²) in [5, 5.41) is 14.0. The molecule has 1 fully saturated rings. The number of para-hydroxylation sites is 1. The molecule has 114 valence electrons. The van der Waals surface area contributed by atoms with E-state index in [2.05, 4.69) is 10.3 Å². The van der Waals surface area contributed by atoms with Gasteiger partial charge in [0.25, 0.3) is 11.6 Å². The first kappa shape index (κ1) is 15.0. The van der Waals surface area contributed by atoms with E-state index < -0.39 is 4.92 Å². The number of benzene rings is 2. The number of amides is 1. The molecular weight excluding hydrogens is 314 g/mol. The lowest BCUT2D eigenvalue weighted by Crippen LogP contribution is -2.19. The third-order valence-corrected chi connectivity index (χ3v) is 3.93. The fourth-order valence-corrected chi connectivity index (χ4v) is 2.82. The van der Waals surface area contributed by atoms with Crippen molar-refractivity contribution in [3.8, 4) is 0 Å². The van der Waals surface area contributed by atoms with Crippen LogP contribution in [-0.2, 0) is 4.79 Å². The SMILES string of the molecule is O=C1NC(=Nc2ccccc2)S/C1=C\c1cccc([N+](=O)[O-])c1. The van der Waals surface area contributed by atoms with E-state index in [1.165, 1.54) is 23.9 Å². The maximum Gasteiger partial charge on any atom is 0.270 e. The van der Waals surface area contributed by atoms with Crippen molar-refractivity contribution in [3.05, 3.63) is 75.2 Å². The van der Waals surface area contributed by atoms with E-state index in [4.69, 9.17) is 0 Å². The second-order valence-corrected chi connectivity index (χ2v) is 5.70. The summed E-state index contributed by atoms with van der Waals surface area (Å²) in [6, 6.07) is 15.4. The number of nitrogens with one attached hydrogen (secondary N) is 1. The minimum absolute atomic E-state index is 0.0130. The van der Waals surface area contributed by atoms with Crippen molar-refractivity contribution >= 4 is 40.3 Å². The second-order valence-electron chi connectivity index (χ2n) is 4.67. The number of nitro groups is 1. The van der Waals surface area contributed by atoms with Crippen molar-refractivity contribution in [1.82, 2.24) is 5.32 Å². The Morgan fingerprint density at radius 2 is 1.91 bits per heavy atom. The average molecular weight is 325 g/mol. The highest BCUT2D eigenvalue weighted by atomic mass is 32.2. The Morgan fingerprint density at radius 1 is 1.13 bits per heavy atom. The van der Waals surface area contributed by atoms with Gasteiger partial charge in [0.1, 0.15) is 0 Å². The molecule has 0 unspecified atom stereocenters. The van der Waals surface area contributed by atoms with Crippen LogP contribution in [0.1, 0.15) is 5.56 Å². The maximum absolute atomic E-state index is 12.0. The van der Waals surface area contributed by atoms with E-state index in [1.807, 2.05) is 30.3 Å². The summed E-state index contributed by atoms with van der Waals surface area (Å²) >= 11 is 1.20. The van der Waals surface area contributed by atoms with Gasteiger partial charge in [-0.3, -0.25) is 14.9 Å². The molecule has 2 aromatic carbocycles. The van der Waals surface area contributed by atoms with Gasteiger partial charge < -0.3 is 5.32 Å². The molecule has 0 atom stereocenters. The molecule has 1 saturated heterocycles. The summed E-state index contributed by atoms with van der Waals surface area (Å²) in [6.45, 7) is 0. The number of rotatable bonds is 3. The summed E-state index contributed by atoms with van der Waals surface area (Å²) in [6.07, 6.45) is 1.61. The van der Waals surface area contributed by atoms with Gasteiger partial charge in [-0.05, 0) is 35.5 Å². The molecule has 3 rings (SSSR count). The largest absolute Gasteiger partial charge is 0.300 e. The zero-order chi connectivity index (χ0) is 16.2. The van der Waals surface area contributed by atoms with Gasteiger partial charge in [0.15, 0.2) is 5.17 Å². The van der Waals surface area contributed by atoms with Crippen LogP contribution in [0.25, 0.3) is 6.08 Å². The molecule has 0 aliphatic carbocycles. The summed E-state index contributed by atoms with van der Waals surface area (Å²) in [5.74, 6) is -0.267. The third kappa shape index (κ3) is 3.64. The van der Waals surface area contributed by atoms with Crippen molar-refractivity contribution in [1.29, 1.82) is 0 Å². The summed E-state index contributed by atoms with van der Waals surface area (Å²) in [4.78, 5) is 27.1. The highest BCUT2D eigenvalue weighted by molar-refractivity contribution is 8.18. The van der Waals surface area contributed by atoms with E-state index in [1.54, 1.807) is 18.2 Å². The van der Waals surface area contributed by atoms with Gasteiger partial charge in [-0.15, -0.1) is 0 Å². The minimum Gasteiger partial charge on any atom is -0.300 e. The van der Waals surface area contributed by atoms with Crippen molar-refractivity contribution in [2.45, 2.75) is 0 Å². The Bertz CT molecular complexity index is 831. The molecule has 1 N–H and O–H groups in total. The van der Waals surface area contributed by atoms with Crippen LogP contribution < -0.4 is 5.32 Å². The van der Waals surface area contributed by atoms with Crippen LogP contribution >= 0.6 is 11.8 Å². The number of amidine groups is 1. The molecule has 7 heteroatoms. The van der Waals surface area contributed by atoms with Crippen molar-refractivity contribution in [2.24, 2.45) is 4.99 Å². The highest BCUT2D eigenvalue weighted by Gasteiger charge is 2.23. The second kappa shape index (κ2) is 6.45. The Morgan fingerprint density at radius 3 is 2.65 bits per heavy atom. The smallest absolute Gasteiger partial charge is 0.270 e. The molecule has 0 radical (unpaired) electrons. The fourth-order valence-electron chi connectivity index (χ4n) is 1.98. The van der Waals surface area contributed by atoms with Crippen LogP contribution in [0.2, 0.25) is 0 Å². The molecule has 1 heterocycles. The minimum atomic E-state index is -0.466. The number of nitrogens with zero attached hydrogens (tertiary/aromatic N) is 2. The van der Waals surface area contributed by atoms with Gasteiger partial charge in [-0.25, -0.2) is 4.99 Å². The number of nitro benzene ring substituents is 1. The molecule has 2 aromatic rings. The van der Waals surface area contributed by atoms with E-state index in [0.717, 1.165) is 5.69 Å². The summed E-state index contributed by atoms with van der Waals surface area (Å²) in [5.41, 5.74) is 1.32. The van der Waals surface area contributed by atoms with E-state index in [-0.39, 0.29) is 11.6 Å². The first-order chi connectivity index (χ1) is 11.1. The third-order valence-electron chi connectivity index (χ3n) is 3.02. The van der Waals surface area contributed by atoms with Crippen molar-refractivity contribution < 1.29 is 9.72 Å².